The van der Waals surface area contributed by atoms with E-state index in [-0.39, 0.29) is 41.5 Å². The number of phenols is 1. The molecule has 26 heavy (non-hydrogen) atoms. The number of aliphatic hydroxyl groups is 1. The molecule has 2 bridgehead atoms. The second-order valence-corrected chi connectivity index (χ2v) is 7.66. The SMILES string of the molecule is CN(C)CC1C2CCC(C2)CC1(O)c1cc(O)ccc1OC(F)(F)F.Cl. The molecule has 148 valence electrons. The Hall–Kier alpha value is -1.18. The minimum Gasteiger partial charge on any atom is -0.508 e. The Morgan fingerprint density at radius 1 is 1.27 bits per heavy atom. The molecule has 4 nitrogen and oxygen atoms in total. The molecule has 8 heteroatoms. The van der Waals surface area contributed by atoms with Crippen LogP contribution in [0.15, 0.2) is 18.2 Å². The molecule has 4 atom stereocenters. The van der Waals surface area contributed by atoms with E-state index >= 15 is 0 Å². The number of aromatic hydroxyl groups is 1. The fourth-order valence-corrected chi connectivity index (χ4v) is 4.72. The number of ether oxygens (including phenoxy) is 1. The molecular formula is C18H25ClF3NO3. The molecule has 0 aromatic heterocycles. The Morgan fingerprint density at radius 2 is 1.96 bits per heavy atom. The summed E-state index contributed by atoms with van der Waals surface area (Å²) in [5.74, 6) is -0.280. The normalized spacial score (nSPS) is 31.0. The van der Waals surface area contributed by atoms with Gasteiger partial charge in [-0.2, -0.15) is 0 Å². The smallest absolute Gasteiger partial charge is 0.508 e. The maximum atomic E-state index is 12.8. The first-order chi connectivity index (χ1) is 11.6. The third-order valence-electron chi connectivity index (χ3n) is 5.58. The molecule has 0 aliphatic heterocycles. The van der Waals surface area contributed by atoms with Crippen molar-refractivity contribution in [2.24, 2.45) is 17.8 Å². The van der Waals surface area contributed by atoms with Crippen LogP contribution in [0.4, 0.5) is 13.2 Å². The largest absolute Gasteiger partial charge is 0.573 e. The average Bonchev–Trinajstić information content (AvgIpc) is 2.87. The van der Waals surface area contributed by atoms with E-state index in [0.717, 1.165) is 31.4 Å². The minimum atomic E-state index is -4.85. The molecule has 0 amide bonds. The first-order valence-electron chi connectivity index (χ1n) is 8.55. The van der Waals surface area contributed by atoms with Crippen LogP contribution in [0, 0.1) is 17.8 Å². The molecule has 2 aliphatic rings. The molecule has 1 aromatic rings. The van der Waals surface area contributed by atoms with Crippen LogP contribution in [0.5, 0.6) is 11.5 Å². The third kappa shape index (κ3) is 4.21. The number of rotatable bonds is 4. The van der Waals surface area contributed by atoms with Crippen molar-refractivity contribution in [1.29, 1.82) is 0 Å². The molecule has 2 aliphatic carbocycles. The lowest BCUT2D eigenvalue weighted by molar-refractivity contribution is -0.275. The summed E-state index contributed by atoms with van der Waals surface area (Å²) in [4.78, 5) is 1.95. The molecule has 0 saturated heterocycles. The van der Waals surface area contributed by atoms with Gasteiger partial charge in [0.25, 0.3) is 0 Å². The number of fused-ring (bicyclic) bond motifs is 2. The van der Waals surface area contributed by atoms with Crippen molar-refractivity contribution >= 4 is 12.4 Å². The summed E-state index contributed by atoms with van der Waals surface area (Å²) < 4.78 is 42.6. The molecule has 1 aromatic carbocycles. The van der Waals surface area contributed by atoms with Crippen LogP contribution in [0.25, 0.3) is 0 Å². The van der Waals surface area contributed by atoms with Gasteiger partial charge in [0, 0.05) is 18.0 Å². The Morgan fingerprint density at radius 3 is 2.58 bits per heavy atom. The lowest BCUT2D eigenvalue weighted by Gasteiger charge is -2.46. The van der Waals surface area contributed by atoms with Gasteiger partial charge < -0.3 is 19.8 Å². The predicted octanol–water partition coefficient (Wildman–Crippen LogP) is 3.90. The second kappa shape index (κ2) is 7.44. The van der Waals surface area contributed by atoms with Crippen LogP contribution in [0.3, 0.4) is 0 Å². The molecule has 0 heterocycles. The van der Waals surface area contributed by atoms with Gasteiger partial charge in [-0.15, -0.1) is 25.6 Å². The minimum absolute atomic E-state index is 0. The van der Waals surface area contributed by atoms with Crippen LogP contribution >= 0.6 is 12.4 Å². The number of benzene rings is 1. The Balaban J connectivity index is 0.00000243. The number of nitrogens with zero attached hydrogens (tertiary/aromatic N) is 1. The Kier molecular flexibility index (Phi) is 6.05. The van der Waals surface area contributed by atoms with E-state index in [1.165, 1.54) is 6.07 Å². The fraction of sp³-hybridized carbons (Fsp3) is 0.667. The summed E-state index contributed by atoms with van der Waals surface area (Å²) in [5.41, 5.74) is -1.42. The van der Waals surface area contributed by atoms with Gasteiger partial charge >= 0.3 is 6.36 Å². The Labute approximate surface area is 157 Å². The van der Waals surface area contributed by atoms with Gasteiger partial charge in [-0.25, -0.2) is 0 Å². The van der Waals surface area contributed by atoms with Crippen molar-refractivity contribution in [3.8, 4) is 11.5 Å². The number of hydrogen-bond donors (Lipinski definition) is 2. The summed E-state index contributed by atoms with van der Waals surface area (Å²) in [6, 6.07) is 3.44. The maximum absolute atomic E-state index is 12.8. The van der Waals surface area contributed by atoms with E-state index in [4.69, 9.17) is 0 Å². The van der Waals surface area contributed by atoms with Gasteiger partial charge in [-0.05, 0) is 63.4 Å². The summed E-state index contributed by atoms with van der Waals surface area (Å²) in [6.45, 7) is 0.564. The van der Waals surface area contributed by atoms with Crippen LogP contribution in [-0.4, -0.2) is 42.1 Å². The number of alkyl halides is 3. The van der Waals surface area contributed by atoms with E-state index < -0.39 is 17.7 Å². The fourth-order valence-electron chi connectivity index (χ4n) is 4.72. The molecule has 0 radical (unpaired) electrons. The van der Waals surface area contributed by atoms with E-state index in [1.54, 1.807) is 0 Å². The van der Waals surface area contributed by atoms with Gasteiger partial charge in [0.05, 0.1) is 5.60 Å². The number of hydrogen-bond acceptors (Lipinski definition) is 4. The van der Waals surface area contributed by atoms with Gasteiger partial charge in [0.1, 0.15) is 11.5 Å². The quantitative estimate of drug-likeness (QED) is 0.812. The van der Waals surface area contributed by atoms with Crippen molar-refractivity contribution in [2.45, 2.75) is 37.6 Å². The van der Waals surface area contributed by atoms with Gasteiger partial charge in [-0.1, -0.05) is 6.42 Å². The Bertz CT molecular complexity index is 641. The molecular weight excluding hydrogens is 371 g/mol. The molecule has 2 N–H and O–H groups in total. The standard InChI is InChI=1S/C18H24F3NO3.ClH/c1-22(2)10-15-12-4-3-11(7-12)9-17(15,24)14-8-13(23)5-6-16(14)25-18(19,20)21;/h5-6,8,11-12,15,23-24H,3-4,7,9-10H2,1-2H3;1H. The van der Waals surface area contributed by atoms with Crippen molar-refractivity contribution in [3.05, 3.63) is 23.8 Å². The number of phenolic OH excluding ortho intramolecular Hbond substituents is 1. The van der Waals surface area contributed by atoms with Crippen molar-refractivity contribution in [1.82, 2.24) is 4.90 Å². The van der Waals surface area contributed by atoms with Gasteiger partial charge in [-0.3, -0.25) is 0 Å². The zero-order chi connectivity index (χ0) is 18.4. The average molecular weight is 396 g/mol. The molecule has 4 unspecified atom stereocenters. The summed E-state index contributed by atoms with van der Waals surface area (Å²) >= 11 is 0. The third-order valence-corrected chi connectivity index (χ3v) is 5.58. The summed E-state index contributed by atoms with van der Waals surface area (Å²) in [5, 5.41) is 21.4. The lowest BCUT2D eigenvalue weighted by atomic mass is 9.65. The molecule has 3 rings (SSSR count). The number of halogens is 4. The first kappa shape index (κ1) is 21.1. The first-order valence-corrected chi connectivity index (χ1v) is 8.55. The molecule has 2 fully saturated rings. The highest BCUT2D eigenvalue weighted by atomic mass is 35.5. The zero-order valence-corrected chi connectivity index (χ0v) is 15.6. The van der Waals surface area contributed by atoms with Crippen LogP contribution in [-0.2, 0) is 5.60 Å². The topological polar surface area (TPSA) is 52.9 Å². The van der Waals surface area contributed by atoms with E-state index in [9.17, 15) is 23.4 Å². The van der Waals surface area contributed by atoms with Crippen molar-refractivity contribution in [2.75, 3.05) is 20.6 Å². The molecule has 0 spiro atoms. The van der Waals surface area contributed by atoms with Gasteiger partial charge in [0.2, 0.25) is 0 Å². The highest BCUT2D eigenvalue weighted by Crippen LogP contribution is 2.56. The van der Waals surface area contributed by atoms with Gasteiger partial charge in [0.15, 0.2) is 0 Å². The van der Waals surface area contributed by atoms with Crippen LogP contribution < -0.4 is 4.74 Å². The van der Waals surface area contributed by atoms with Crippen LogP contribution in [0.1, 0.15) is 31.2 Å². The molecule has 2 saturated carbocycles. The van der Waals surface area contributed by atoms with E-state index in [0.29, 0.717) is 13.0 Å². The maximum Gasteiger partial charge on any atom is 0.573 e. The highest BCUT2D eigenvalue weighted by molar-refractivity contribution is 5.85. The van der Waals surface area contributed by atoms with E-state index in [1.807, 2.05) is 19.0 Å². The van der Waals surface area contributed by atoms with Crippen molar-refractivity contribution in [3.63, 3.8) is 0 Å². The van der Waals surface area contributed by atoms with E-state index in [2.05, 4.69) is 4.74 Å². The second-order valence-electron chi connectivity index (χ2n) is 7.66. The van der Waals surface area contributed by atoms with Crippen molar-refractivity contribution < 1.29 is 28.1 Å². The zero-order valence-electron chi connectivity index (χ0n) is 14.8. The van der Waals surface area contributed by atoms with Crippen LogP contribution in [0.2, 0.25) is 0 Å². The lowest BCUT2D eigenvalue weighted by Crippen LogP contribution is -2.47. The monoisotopic (exact) mass is 395 g/mol. The summed E-state index contributed by atoms with van der Waals surface area (Å²) in [6.07, 6.45) is -1.52. The summed E-state index contributed by atoms with van der Waals surface area (Å²) in [7, 11) is 3.77. The highest BCUT2D eigenvalue weighted by Gasteiger charge is 2.53. The predicted molar refractivity (Wildman–Crippen MR) is 93.4 cm³/mol.